The van der Waals surface area contributed by atoms with Crippen LogP contribution in [0.5, 0.6) is 0 Å². The lowest BCUT2D eigenvalue weighted by Gasteiger charge is -2.32. The number of ketones is 2. The predicted molar refractivity (Wildman–Crippen MR) is 145 cm³/mol. The lowest BCUT2D eigenvalue weighted by Crippen LogP contribution is -2.50. The standard InChI is InChI=1S/C29H53NO7/c1-25(2,3)21(31)15-16-22(32)29(12,13)35-19-18-28(10,11)37-24(34)20(30-26(4,5)6)14-17-23(33)36-27(7,8)9/h20,30H,14-19H2,1-13H3. The van der Waals surface area contributed by atoms with Crippen molar-refractivity contribution in [3.05, 3.63) is 0 Å². The Hall–Kier alpha value is -1.80. The second-order valence-electron chi connectivity index (χ2n) is 14.0. The number of hydrogen-bond donors (Lipinski definition) is 1. The first-order valence-electron chi connectivity index (χ1n) is 13.3. The number of hydrogen-bond acceptors (Lipinski definition) is 8. The van der Waals surface area contributed by atoms with Crippen LogP contribution in [0, 0.1) is 5.41 Å². The Morgan fingerprint density at radius 2 is 1.22 bits per heavy atom. The minimum atomic E-state index is -1.05. The van der Waals surface area contributed by atoms with Gasteiger partial charge in [0.1, 0.15) is 28.6 Å². The molecule has 0 aromatic rings. The molecule has 0 rings (SSSR count). The summed E-state index contributed by atoms with van der Waals surface area (Å²) in [6.07, 6.45) is 0.998. The normalized spacial score (nSPS) is 14.2. The zero-order valence-electron chi connectivity index (χ0n) is 25.7. The first-order valence-corrected chi connectivity index (χ1v) is 13.3. The molecule has 8 heteroatoms. The molecule has 0 heterocycles. The number of rotatable bonds is 14. The first-order chi connectivity index (χ1) is 16.3. The third-order valence-corrected chi connectivity index (χ3v) is 5.58. The van der Waals surface area contributed by atoms with Gasteiger partial charge < -0.3 is 14.2 Å². The van der Waals surface area contributed by atoms with Crippen LogP contribution in [-0.4, -0.2) is 58.5 Å². The highest BCUT2D eigenvalue weighted by atomic mass is 16.6. The van der Waals surface area contributed by atoms with E-state index in [1.165, 1.54) is 0 Å². The Bertz CT molecular complexity index is 793. The molecule has 0 aliphatic rings. The van der Waals surface area contributed by atoms with Crippen molar-refractivity contribution in [2.75, 3.05) is 6.61 Å². The summed E-state index contributed by atoms with van der Waals surface area (Å²) < 4.78 is 17.0. The lowest BCUT2D eigenvalue weighted by molar-refractivity contribution is -0.164. The van der Waals surface area contributed by atoms with E-state index in [-0.39, 0.29) is 55.4 Å². The van der Waals surface area contributed by atoms with Gasteiger partial charge in [-0.2, -0.15) is 0 Å². The number of Topliss-reactive ketones (excluding diaryl/α,β-unsaturated/α-hetero) is 2. The number of carbonyl (C=O) groups excluding carboxylic acids is 4. The van der Waals surface area contributed by atoms with Gasteiger partial charge in [0.25, 0.3) is 0 Å². The minimum Gasteiger partial charge on any atom is -0.460 e. The summed E-state index contributed by atoms with van der Waals surface area (Å²) in [4.78, 5) is 50.1. The van der Waals surface area contributed by atoms with Gasteiger partial charge in [0, 0.05) is 36.6 Å². The van der Waals surface area contributed by atoms with Crippen LogP contribution >= 0.6 is 0 Å². The van der Waals surface area contributed by atoms with E-state index in [2.05, 4.69) is 5.32 Å². The van der Waals surface area contributed by atoms with E-state index in [9.17, 15) is 19.2 Å². The van der Waals surface area contributed by atoms with Gasteiger partial charge in [0.2, 0.25) is 0 Å². The SMILES string of the molecule is CC(C)(C)NC(CCC(=O)OC(C)(C)C)C(=O)OC(C)(C)CCOC(C)(C)C(=O)CCC(=O)C(C)(C)C. The van der Waals surface area contributed by atoms with Crippen LogP contribution in [-0.2, 0) is 33.4 Å². The molecule has 0 fully saturated rings. The molecule has 0 aliphatic carbocycles. The maximum Gasteiger partial charge on any atom is 0.323 e. The Morgan fingerprint density at radius 3 is 1.68 bits per heavy atom. The van der Waals surface area contributed by atoms with E-state index in [1.54, 1.807) is 48.5 Å². The molecule has 0 spiro atoms. The van der Waals surface area contributed by atoms with E-state index in [1.807, 2.05) is 41.5 Å². The Labute approximate surface area is 224 Å². The van der Waals surface area contributed by atoms with Crippen LogP contribution in [0.3, 0.4) is 0 Å². The zero-order valence-corrected chi connectivity index (χ0v) is 25.7. The molecule has 0 aliphatic heterocycles. The lowest BCUT2D eigenvalue weighted by atomic mass is 9.86. The summed E-state index contributed by atoms with van der Waals surface area (Å²) in [6.45, 7) is 23.9. The van der Waals surface area contributed by atoms with Crippen molar-refractivity contribution in [3.8, 4) is 0 Å². The highest BCUT2D eigenvalue weighted by Crippen LogP contribution is 2.23. The summed E-state index contributed by atoms with van der Waals surface area (Å²) in [6, 6.07) is -0.689. The molecule has 8 nitrogen and oxygen atoms in total. The highest BCUT2D eigenvalue weighted by Gasteiger charge is 2.34. The molecule has 1 N–H and O–H groups in total. The molecule has 37 heavy (non-hydrogen) atoms. The highest BCUT2D eigenvalue weighted by molar-refractivity contribution is 5.92. The Morgan fingerprint density at radius 1 is 0.703 bits per heavy atom. The van der Waals surface area contributed by atoms with Crippen LogP contribution in [0.4, 0.5) is 0 Å². The smallest absolute Gasteiger partial charge is 0.323 e. The summed E-state index contributed by atoms with van der Waals surface area (Å²) in [5, 5.41) is 3.24. The van der Waals surface area contributed by atoms with Crippen molar-refractivity contribution in [1.29, 1.82) is 0 Å². The van der Waals surface area contributed by atoms with Crippen molar-refractivity contribution < 1.29 is 33.4 Å². The van der Waals surface area contributed by atoms with Crippen LogP contribution < -0.4 is 5.32 Å². The average Bonchev–Trinajstić information content (AvgIpc) is 2.65. The van der Waals surface area contributed by atoms with Crippen LogP contribution in [0.2, 0.25) is 0 Å². The van der Waals surface area contributed by atoms with E-state index in [0.29, 0.717) is 6.42 Å². The molecule has 216 valence electrons. The Kier molecular flexibility index (Phi) is 12.7. The summed E-state index contributed by atoms with van der Waals surface area (Å²) in [7, 11) is 0. The first kappa shape index (κ1) is 35.2. The van der Waals surface area contributed by atoms with E-state index >= 15 is 0 Å². The molecule has 1 unspecified atom stereocenters. The maximum atomic E-state index is 13.1. The summed E-state index contributed by atoms with van der Waals surface area (Å²) >= 11 is 0. The molecular formula is C29H53NO7. The van der Waals surface area contributed by atoms with Crippen LogP contribution in [0.25, 0.3) is 0 Å². The third-order valence-electron chi connectivity index (χ3n) is 5.58. The summed E-state index contributed by atoms with van der Waals surface area (Å²) in [5.74, 6) is -0.935. The molecular weight excluding hydrogens is 474 g/mol. The second-order valence-corrected chi connectivity index (χ2v) is 14.0. The second kappa shape index (κ2) is 13.3. The van der Waals surface area contributed by atoms with Gasteiger partial charge >= 0.3 is 11.9 Å². The van der Waals surface area contributed by atoms with Crippen molar-refractivity contribution in [1.82, 2.24) is 5.32 Å². The van der Waals surface area contributed by atoms with E-state index < -0.39 is 34.2 Å². The molecule has 0 saturated heterocycles. The summed E-state index contributed by atoms with van der Waals surface area (Å²) in [5.41, 5.74) is -3.36. The largest absolute Gasteiger partial charge is 0.460 e. The molecule has 1 atom stereocenters. The van der Waals surface area contributed by atoms with Gasteiger partial charge in [-0.15, -0.1) is 0 Å². The number of esters is 2. The van der Waals surface area contributed by atoms with Crippen LogP contribution in [0.1, 0.15) is 122 Å². The fourth-order valence-corrected chi connectivity index (χ4v) is 3.36. The van der Waals surface area contributed by atoms with Crippen molar-refractivity contribution >= 4 is 23.5 Å². The quantitative estimate of drug-likeness (QED) is 0.302. The van der Waals surface area contributed by atoms with Gasteiger partial charge in [-0.05, 0) is 75.7 Å². The minimum absolute atomic E-state index is 0.0368. The van der Waals surface area contributed by atoms with Crippen LogP contribution in [0.15, 0.2) is 0 Å². The zero-order chi connectivity index (χ0) is 29.5. The van der Waals surface area contributed by atoms with Gasteiger partial charge in [-0.1, -0.05) is 20.8 Å². The fraction of sp³-hybridized carbons (Fsp3) is 0.862. The molecule has 0 bridgehead atoms. The predicted octanol–water partition coefficient (Wildman–Crippen LogP) is 5.34. The number of carbonyl (C=O) groups is 4. The van der Waals surface area contributed by atoms with Gasteiger partial charge in [0.05, 0.1) is 6.61 Å². The average molecular weight is 528 g/mol. The molecule has 0 aromatic heterocycles. The van der Waals surface area contributed by atoms with E-state index in [4.69, 9.17) is 14.2 Å². The number of ether oxygens (including phenoxy) is 3. The van der Waals surface area contributed by atoms with Gasteiger partial charge in [-0.3, -0.25) is 24.5 Å². The maximum absolute atomic E-state index is 13.1. The molecule has 0 amide bonds. The number of nitrogens with one attached hydrogen (secondary N) is 1. The molecule has 0 aromatic carbocycles. The molecule has 0 radical (unpaired) electrons. The van der Waals surface area contributed by atoms with Crippen molar-refractivity contribution in [3.63, 3.8) is 0 Å². The molecule has 0 saturated carbocycles. The van der Waals surface area contributed by atoms with Gasteiger partial charge in [-0.25, -0.2) is 0 Å². The Balaban J connectivity index is 5.00. The fourth-order valence-electron chi connectivity index (χ4n) is 3.36. The van der Waals surface area contributed by atoms with Gasteiger partial charge in [0.15, 0.2) is 5.78 Å². The monoisotopic (exact) mass is 527 g/mol. The topological polar surface area (TPSA) is 108 Å². The van der Waals surface area contributed by atoms with E-state index in [0.717, 1.165) is 0 Å². The van der Waals surface area contributed by atoms with Crippen molar-refractivity contribution in [2.24, 2.45) is 5.41 Å². The third kappa shape index (κ3) is 15.9. The van der Waals surface area contributed by atoms with Crippen molar-refractivity contribution in [2.45, 2.75) is 150 Å².